The molecule has 0 aliphatic carbocycles. The second-order valence-electron chi connectivity index (χ2n) is 9.90. The first kappa shape index (κ1) is 27.3. The van der Waals surface area contributed by atoms with Crippen LogP contribution in [0.1, 0.15) is 49.9 Å². The molecule has 1 atom stereocenters. The van der Waals surface area contributed by atoms with Crippen LogP contribution in [0.25, 0.3) is 5.76 Å². The topological polar surface area (TPSA) is 79.3 Å². The van der Waals surface area contributed by atoms with E-state index in [-0.39, 0.29) is 11.3 Å². The van der Waals surface area contributed by atoms with Gasteiger partial charge in [0.15, 0.2) is 0 Å². The van der Waals surface area contributed by atoms with Crippen LogP contribution in [0.4, 0.5) is 0 Å². The molecular formula is C29H38N2O5. The van der Waals surface area contributed by atoms with Gasteiger partial charge < -0.3 is 24.4 Å². The highest BCUT2D eigenvalue weighted by atomic mass is 16.5. The lowest BCUT2D eigenvalue weighted by Gasteiger charge is -2.27. The number of likely N-dealkylation sites (N-methyl/N-ethyl adjacent to an activating group) is 1. The molecule has 1 aliphatic rings. The van der Waals surface area contributed by atoms with E-state index in [0.29, 0.717) is 43.5 Å². The molecule has 0 saturated carbocycles. The van der Waals surface area contributed by atoms with Gasteiger partial charge >= 0.3 is 0 Å². The van der Waals surface area contributed by atoms with Crippen molar-refractivity contribution < 1.29 is 24.2 Å². The highest BCUT2D eigenvalue weighted by Crippen LogP contribution is 2.40. The summed E-state index contributed by atoms with van der Waals surface area (Å²) in [6, 6.07) is 12.0. The average molecular weight is 495 g/mol. The number of Topliss-reactive ketones (excluding diaryl/α,β-unsaturated/α-hetero) is 1. The molecule has 1 unspecified atom stereocenters. The molecule has 36 heavy (non-hydrogen) atoms. The first-order chi connectivity index (χ1) is 17.1. The van der Waals surface area contributed by atoms with E-state index in [2.05, 4.69) is 13.8 Å². The number of carbonyl (C=O) groups excluding carboxylic acids is 2. The maximum Gasteiger partial charge on any atom is 0.295 e. The van der Waals surface area contributed by atoms with E-state index < -0.39 is 17.7 Å². The van der Waals surface area contributed by atoms with Crippen molar-refractivity contribution in [1.29, 1.82) is 0 Å². The summed E-state index contributed by atoms with van der Waals surface area (Å²) in [4.78, 5) is 29.9. The number of nitrogens with zero attached hydrogens (tertiary/aromatic N) is 2. The maximum absolute atomic E-state index is 13.3. The minimum atomic E-state index is -0.715. The van der Waals surface area contributed by atoms with Gasteiger partial charge in [0.05, 0.1) is 24.8 Å². The van der Waals surface area contributed by atoms with Crippen LogP contribution in [0, 0.1) is 12.8 Å². The summed E-state index contributed by atoms with van der Waals surface area (Å²) >= 11 is 0. The smallest absolute Gasteiger partial charge is 0.295 e. The minimum absolute atomic E-state index is 0.0849. The van der Waals surface area contributed by atoms with Gasteiger partial charge in [-0.05, 0) is 74.8 Å². The molecule has 1 heterocycles. The third-order valence-electron chi connectivity index (χ3n) is 6.00. The van der Waals surface area contributed by atoms with Crippen LogP contribution in [0.15, 0.2) is 48.0 Å². The van der Waals surface area contributed by atoms with Crippen molar-refractivity contribution in [3.63, 3.8) is 0 Å². The fourth-order valence-corrected chi connectivity index (χ4v) is 4.13. The van der Waals surface area contributed by atoms with Crippen LogP contribution < -0.4 is 9.47 Å². The van der Waals surface area contributed by atoms with Crippen molar-refractivity contribution in [1.82, 2.24) is 9.80 Å². The Morgan fingerprint density at radius 1 is 1.11 bits per heavy atom. The fourth-order valence-electron chi connectivity index (χ4n) is 4.13. The molecule has 7 heteroatoms. The molecule has 2 aromatic carbocycles. The summed E-state index contributed by atoms with van der Waals surface area (Å²) in [6.07, 6.45) is 0.863. The zero-order valence-electron chi connectivity index (χ0n) is 22.2. The summed E-state index contributed by atoms with van der Waals surface area (Å²) < 4.78 is 11.7. The number of rotatable bonds is 11. The quantitative estimate of drug-likeness (QED) is 0.275. The molecule has 1 aliphatic heterocycles. The van der Waals surface area contributed by atoms with Crippen LogP contribution in [-0.4, -0.2) is 67.0 Å². The molecule has 1 saturated heterocycles. The van der Waals surface area contributed by atoms with E-state index in [1.165, 1.54) is 0 Å². The largest absolute Gasteiger partial charge is 0.507 e. The Labute approximate surface area is 214 Å². The number of aliphatic hydroxyl groups is 1. The third-order valence-corrected chi connectivity index (χ3v) is 6.00. The van der Waals surface area contributed by atoms with Crippen LogP contribution in [-0.2, 0) is 9.59 Å². The average Bonchev–Trinajstić information content (AvgIpc) is 3.09. The van der Waals surface area contributed by atoms with Gasteiger partial charge in [0.25, 0.3) is 11.7 Å². The molecule has 0 aromatic heterocycles. The second-order valence-corrected chi connectivity index (χ2v) is 9.90. The Hall–Kier alpha value is -3.32. The third kappa shape index (κ3) is 6.26. The van der Waals surface area contributed by atoms with Gasteiger partial charge in [-0.1, -0.05) is 32.9 Å². The van der Waals surface area contributed by atoms with Gasteiger partial charge in [-0.15, -0.1) is 0 Å². The van der Waals surface area contributed by atoms with E-state index in [1.54, 1.807) is 23.1 Å². The number of ether oxygens (including phenoxy) is 2. The van der Waals surface area contributed by atoms with Crippen molar-refractivity contribution in [3.8, 4) is 11.5 Å². The fraction of sp³-hybridized carbons (Fsp3) is 0.448. The van der Waals surface area contributed by atoms with E-state index >= 15 is 0 Å². The van der Waals surface area contributed by atoms with Crippen molar-refractivity contribution in [2.24, 2.45) is 5.92 Å². The Balaban J connectivity index is 2.07. The standard InChI is InChI=1S/C29H38N2O5/c1-7-15-35-23-10-8-9-21(17-23)26-25(28(33)29(34)31(26)14-13-30(5)6)27(32)22-11-12-24(20(4)16-22)36-18-19(2)3/h8-12,16-17,19,26,32H,7,13-15,18H2,1-6H3/b27-25+. The Morgan fingerprint density at radius 3 is 2.50 bits per heavy atom. The summed E-state index contributed by atoms with van der Waals surface area (Å²) in [5, 5.41) is 11.4. The monoisotopic (exact) mass is 494 g/mol. The summed E-state index contributed by atoms with van der Waals surface area (Å²) in [6.45, 7) is 10.2. The Bertz CT molecular complexity index is 1120. The Kier molecular flexibility index (Phi) is 9.15. The SMILES string of the molecule is CCCOc1cccc(C2/C(=C(\O)c3ccc(OCC(C)C)c(C)c3)C(=O)C(=O)N2CCN(C)C)c1. The number of aryl methyl sites for hydroxylation is 1. The molecule has 3 rings (SSSR count). The number of carbonyl (C=O) groups is 2. The van der Waals surface area contributed by atoms with Crippen LogP contribution in [0.3, 0.4) is 0 Å². The van der Waals surface area contributed by atoms with Crippen LogP contribution in [0.2, 0.25) is 0 Å². The molecule has 2 aromatic rings. The van der Waals surface area contributed by atoms with E-state index in [4.69, 9.17) is 9.47 Å². The van der Waals surface area contributed by atoms with E-state index in [1.807, 2.05) is 57.1 Å². The van der Waals surface area contributed by atoms with Crippen molar-refractivity contribution in [3.05, 3.63) is 64.7 Å². The number of ketones is 1. The van der Waals surface area contributed by atoms with Gasteiger partial charge in [-0.2, -0.15) is 0 Å². The molecule has 7 nitrogen and oxygen atoms in total. The molecular weight excluding hydrogens is 456 g/mol. The number of benzene rings is 2. The summed E-state index contributed by atoms with van der Waals surface area (Å²) in [5.41, 5.74) is 2.12. The lowest BCUT2D eigenvalue weighted by atomic mass is 9.94. The van der Waals surface area contributed by atoms with Gasteiger partial charge in [0, 0.05) is 18.7 Å². The molecule has 0 spiro atoms. The maximum atomic E-state index is 13.3. The molecule has 0 radical (unpaired) electrons. The second kappa shape index (κ2) is 12.1. The van der Waals surface area contributed by atoms with Gasteiger partial charge in [0.2, 0.25) is 0 Å². The predicted molar refractivity (Wildman–Crippen MR) is 141 cm³/mol. The first-order valence-corrected chi connectivity index (χ1v) is 12.5. The predicted octanol–water partition coefficient (Wildman–Crippen LogP) is 4.80. The molecule has 1 amide bonds. The Morgan fingerprint density at radius 2 is 1.86 bits per heavy atom. The molecule has 194 valence electrons. The van der Waals surface area contributed by atoms with Crippen molar-refractivity contribution in [2.75, 3.05) is 40.4 Å². The van der Waals surface area contributed by atoms with Gasteiger partial charge in [0.1, 0.15) is 17.3 Å². The van der Waals surface area contributed by atoms with Crippen molar-refractivity contribution >= 4 is 17.4 Å². The zero-order valence-corrected chi connectivity index (χ0v) is 22.2. The molecule has 1 N–H and O–H groups in total. The summed E-state index contributed by atoms with van der Waals surface area (Å²) in [5.74, 6) is 0.279. The lowest BCUT2D eigenvalue weighted by Crippen LogP contribution is -2.35. The number of hydrogen-bond donors (Lipinski definition) is 1. The molecule has 0 bridgehead atoms. The number of likely N-dealkylation sites (tertiary alicyclic amines) is 1. The minimum Gasteiger partial charge on any atom is -0.507 e. The van der Waals surface area contributed by atoms with Crippen LogP contribution >= 0.6 is 0 Å². The highest BCUT2D eigenvalue weighted by Gasteiger charge is 2.46. The zero-order chi connectivity index (χ0) is 26.4. The van der Waals surface area contributed by atoms with Gasteiger partial charge in [-0.3, -0.25) is 9.59 Å². The normalized spacial score (nSPS) is 17.3. The summed E-state index contributed by atoms with van der Waals surface area (Å²) in [7, 11) is 3.83. The molecule has 1 fully saturated rings. The number of aliphatic hydroxyl groups excluding tert-OH is 1. The lowest BCUT2D eigenvalue weighted by molar-refractivity contribution is -0.140. The van der Waals surface area contributed by atoms with Crippen molar-refractivity contribution in [2.45, 2.75) is 40.2 Å². The van der Waals surface area contributed by atoms with Crippen LogP contribution in [0.5, 0.6) is 11.5 Å². The van der Waals surface area contributed by atoms with E-state index in [0.717, 1.165) is 23.3 Å². The van der Waals surface area contributed by atoms with E-state index in [9.17, 15) is 14.7 Å². The number of amides is 1. The van der Waals surface area contributed by atoms with Gasteiger partial charge in [-0.25, -0.2) is 0 Å². The number of hydrogen-bond acceptors (Lipinski definition) is 6. The first-order valence-electron chi connectivity index (χ1n) is 12.5. The highest BCUT2D eigenvalue weighted by molar-refractivity contribution is 6.46.